The van der Waals surface area contributed by atoms with Crippen molar-refractivity contribution in [2.45, 2.75) is 0 Å². The summed E-state index contributed by atoms with van der Waals surface area (Å²) in [5.74, 6) is 0. The van der Waals surface area contributed by atoms with Crippen molar-refractivity contribution in [2.75, 3.05) is 0 Å². The third-order valence-electron chi connectivity index (χ3n) is 1.68. The summed E-state index contributed by atoms with van der Waals surface area (Å²) >= 11 is 14.0. The van der Waals surface area contributed by atoms with E-state index in [1.54, 1.807) is 6.20 Å². The van der Waals surface area contributed by atoms with Crippen LogP contribution in [0.4, 0.5) is 0 Å². The molecular weight excluding hydrogens is 320 g/mol. The maximum atomic E-state index is 6.03. The third kappa shape index (κ3) is 1.90. The summed E-state index contributed by atoms with van der Waals surface area (Å²) in [5.41, 5.74) is 0.876. The zero-order chi connectivity index (χ0) is 9.42. The molecule has 0 fully saturated rings. The van der Waals surface area contributed by atoms with E-state index in [-0.39, 0.29) is 0 Å². The first-order valence-electron chi connectivity index (χ1n) is 3.57. The van der Waals surface area contributed by atoms with Gasteiger partial charge in [-0.05, 0) is 40.8 Å². The first-order valence-corrected chi connectivity index (χ1v) is 5.40. The minimum Gasteiger partial charge on any atom is -0.255 e. The van der Waals surface area contributed by atoms with Crippen LogP contribution in [0.2, 0.25) is 10.0 Å². The van der Waals surface area contributed by atoms with Crippen LogP contribution in [0.5, 0.6) is 0 Å². The van der Waals surface area contributed by atoms with Crippen molar-refractivity contribution < 1.29 is 0 Å². The van der Waals surface area contributed by atoms with Gasteiger partial charge in [-0.1, -0.05) is 23.2 Å². The Labute approximate surface area is 99.2 Å². The predicted octanol–water partition coefficient (Wildman–Crippen LogP) is 4.15. The number of benzene rings is 1. The van der Waals surface area contributed by atoms with E-state index in [2.05, 4.69) is 27.6 Å². The molecule has 0 atom stereocenters. The average Bonchev–Trinajstić information content (AvgIpc) is 2.06. The Morgan fingerprint density at radius 3 is 2.69 bits per heavy atom. The molecule has 0 bridgehead atoms. The number of halogens is 3. The van der Waals surface area contributed by atoms with Gasteiger partial charge in [-0.2, -0.15) is 0 Å². The second kappa shape index (κ2) is 3.59. The quantitative estimate of drug-likeness (QED) is 0.664. The van der Waals surface area contributed by atoms with Crippen molar-refractivity contribution in [3.63, 3.8) is 0 Å². The summed E-state index contributed by atoms with van der Waals surface area (Å²) < 4.78 is 1.07. The van der Waals surface area contributed by atoms with Crippen molar-refractivity contribution in [3.05, 3.63) is 38.0 Å². The first-order chi connectivity index (χ1) is 6.16. The molecule has 0 aliphatic heterocycles. The van der Waals surface area contributed by atoms with Gasteiger partial charge in [0.2, 0.25) is 0 Å². The Bertz CT molecular complexity index is 470. The highest BCUT2D eigenvalue weighted by Crippen LogP contribution is 2.26. The van der Waals surface area contributed by atoms with Crippen LogP contribution in [-0.2, 0) is 0 Å². The van der Waals surface area contributed by atoms with Crippen molar-refractivity contribution in [1.29, 1.82) is 0 Å². The fraction of sp³-hybridized carbons (Fsp3) is 0. The summed E-state index contributed by atoms with van der Waals surface area (Å²) in [6, 6.07) is 5.68. The van der Waals surface area contributed by atoms with E-state index in [0.29, 0.717) is 10.0 Å². The van der Waals surface area contributed by atoms with Gasteiger partial charge in [0.25, 0.3) is 0 Å². The zero-order valence-electron chi connectivity index (χ0n) is 6.39. The second-order valence-electron chi connectivity index (χ2n) is 2.61. The standard InChI is InChI=1S/C9H4Cl2IN/c10-5-1-7-8(11)2-6(12)3-9(7)13-4-5/h1-4H. The van der Waals surface area contributed by atoms with Gasteiger partial charge >= 0.3 is 0 Å². The van der Waals surface area contributed by atoms with Crippen molar-refractivity contribution >= 4 is 56.7 Å². The molecule has 1 aromatic heterocycles. The van der Waals surface area contributed by atoms with Crippen molar-refractivity contribution in [2.24, 2.45) is 0 Å². The van der Waals surface area contributed by atoms with Crippen molar-refractivity contribution in [3.8, 4) is 0 Å². The summed E-state index contributed by atoms with van der Waals surface area (Å²) in [5, 5.41) is 2.20. The molecule has 66 valence electrons. The van der Waals surface area contributed by atoms with Gasteiger partial charge in [-0.25, -0.2) is 0 Å². The van der Waals surface area contributed by atoms with Gasteiger partial charge in [-0.3, -0.25) is 4.98 Å². The minimum absolute atomic E-state index is 0.607. The fourth-order valence-electron chi connectivity index (χ4n) is 1.13. The predicted molar refractivity (Wildman–Crippen MR) is 64.5 cm³/mol. The Balaban J connectivity index is 2.87. The Hall–Kier alpha value is -0.0600. The largest absolute Gasteiger partial charge is 0.255 e. The molecule has 0 spiro atoms. The number of nitrogens with zero attached hydrogens (tertiary/aromatic N) is 1. The summed E-state index contributed by atoms with van der Waals surface area (Å²) in [6.45, 7) is 0. The Morgan fingerprint density at radius 2 is 1.92 bits per heavy atom. The molecule has 13 heavy (non-hydrogen) atoms. The van der Waals surface area contributed by atoms with Crippen LogP contribution in [0.25, 0.3) is 10.9 Å². The molecule has 0 aliphatic rings. The minimum atomic E-state index is 0.607. The number of rotatable bonds is 0. The molecule has 1 heterocycles. The fourth-order valence-corrected chi connectivity index (χ4v) is 2.34. The molecule has 1 aromatic carbocycles. The van der Waals surface area contributed by atoms with Crippen LogP contribution < -0.4 is 0 Å². The molecule has 1 nitrogen and oxygen atoms in total. The van der Waals surface area contributed by atoms with E-state index >= 15 is 0 Å². The van der Waals surface area contributed by atoms with Crippen molar-refractivity contribution in [1.82, 2.24) is 4.98 Å². The lowest BCUT2D eigenvalue weighted by atomic mass is 10.2. The molecule has 0 aliphatic carbocycles. The molecular formula is C9H4Cl2IN. The van der Waals surface area contributed by atoms with Gasteiger partial charge in [-0.15, -0.1) is 0 Å². The van der Waals surface area contributed by atoms with Gasteiger partial charge in [0.05, 0.1) is 15.6 Å². The zero-order valence-corrected chi connectivity index (χ0v) is 10.1. The summed E-state index contributed by atoms with van der Waals surface area (Å²) in [4.78, 5) is 4.18. The van der Waals surface area contributed by atoms with Crippen LogP contribution in [0, 0.1) is 3.57 Å². The highest BCUT2D eigenvalue weighted by molar-refractivity contribution is 14.1. The van der Waals surface area contributed by atoms with E-state index in [0.717, 1.165) is 14.5 Å². The lowest BCUT2D eigenvalue weighted by Crippen LogP contribution is -1.81. The van der Waals surface area contributed by atoms with E-state index in [4.69, 9.17) is 23.2 Å². The average molecular weight is 324 g/mol. The molecule has 2 aromatic rings. The number of aromatic nitrogens is 1. The summed E-state index contributed by atoms with van der Waals surface area (Å²) in [6.07, 6.45) is 1.62. The Kier molecular flexibility index (Phi) is 2.62. The lowest BCUT2D eigenvalue weighted by Gasteiger charge is -2.00. The highest BCUT2D eigenvalue weighted by Gasteiger charge is 2.02. The van der Waals surface area contributed by atoms with E-state index < -0.39 is 0 Å². The molecule has 0 saturated heterocycles. The molecule has 4 heteroatoms. The molecule has 2 rings (SSSR count). The van der Waals surface area contributed by atoms with Crippen LogP contribution >= 0.6 is 45.8 Å². The van der Waals surface area contributed by atoms with E-state index in [1.807, 2.05) is 18.2 Å². The highest BCUT2D eigenvalue weighted by atomic mass is 127. The number of hydrogen-bond acceptors (Lipinski definition) is 1. The van der Waals surface area contributed by atoms with Crippen LogP contribution in [0.15, 0.2) is 24.4 Å². The molecule has 0 N–H and O–H groups in total. The maximum absolute atomic E-state index is 6.03. The van der Waals surface area contributed by atoms with Crippen LogP contribution in [0.1, 0.15) is 0 Å². The van der Waals surface area contributed by atoms with E-state index in [9.17, 15) is 0 Å². The molecule has 0 radical (unpaired) electrons. The molecule has 0 amide bonds. The number of pyridine rings is 1. The normalized spacial score (nSPS) is 10.7. The first kappa shape index (κ1) is 9.49. The molecule has 0 unspecified atom stereocenters. The summed E-state index contributed by atoms with van der Waals surface area (Å²) in [7, 11) is 0. The van der Waals surface area contributed by atoms with E-state index in [1.165, 1.54) is 0 Å². The van der Waals surface area contributed by atoms with Gasteiger partial charge in [0, 0.05) is 15.2 Å². The van der Waals surface area contributed by atoms with Gasteiger partial charge < -0.3 is 0 Å². The Morgan fingerprint density at radius 1 is 1.15 bits per heavy atom. The lowest BCUT2D eigenvalue weighted by molar-refractivity contribution is 1.41. The molecule has 0 saturated carbocycles. The SMILES string of the molecule is Clc1cnc2cc(I)cc(Cl)c2c1. The topological polar surface area (TPSA) is 12.9 Å². The van der Waals surface area contributed by atoms with Gasteiger partial charge in [0.1, 0.15) is 0 Å². The van der Waals surface area contributed by atoms with Crippen LogP contribution in [-0.4, -0.2) is 4.98 Å². The smallest absolute Gasteiger partial charge is 0.0728 e. The second-order valence-corrected chi connectivity index (χ2v) is 4.70. The number of hydrogen-bond donors (Lipinski definition) is 0. The third-order valence-corrected chi connectivity index (χ3v) is 2.82. The van der Waals surface area contributed by atoms with Crippen LogP contribution in [0.3, 0.4) is 0 Å². The van der Waals surface area contributed by atoms with Gasteiger partial charge in [0.15, 0.2) is 0 Å². The number of fused-ring (bicyclic) bond motifs is 1. The monoisotopic (exact) mass is 323 g/mol. The maximum Gasteiger partial charge on any atom is 0.0728 e.